The number of carbonyl (C=O) groups is 1. The summed E-state index contributed by atoms with van der Waals surface area (Å²) in [6.07, 6.45) is -4.21. The number of amides is 1. The summed E-state index contributed by atoms with van der Waals surface area (Å²) in [6.45, 7) is 2.60. The van der Waals surface area contributed by atoms with Crippen LogP contribution in [0.3, 0.4) is 0 Å². The minimum Gasteiger partial charge on any atom is -0.383 e. The molecule has 0 fully saturated rings. The summed E-state index contributed by atoms with van der Waals surface area (Å²) in [5, 5.41) is 3.03. The monoisotopic (exact) mass is 334 g/mol. The summed E-state index contributed by atoms with van der Waals surface area (Å²) >= 11 is 0. The van der Waals surface area contributed by atoms with Crippen LogP contribution in [-0.4, -0.2) is 12.5 Å². The van der Waals surface area contributed by atoms with Gasteiger partial charge in [-0.3, -0.25) is 4.79 Å². The molecule has 0 bridgehead atoms. The highest BCUT2D eigenvalue weighted by Gasteiger charge is 2.33. The van der Waals surface area contributed by atoms with Crippen molar-refractivity contribution >= 4 is 17.3 Å². The average Bonchev–Trinajstić information content (AvgIpc) is 2.68. The van der Waals surface area contributed by atoms with Crippen molar-refractivity contribution in [1.82, 2.24) is 0 Å². The van der Waals surface area contributed by atoms with Crippen molar-refractivity contribution in [3.8, 4) is 0 Å². The number of hydrogen-bond donors (Lipinski definition) is 1. The molecule has 126 valence electrons. The fourth-order valence-electron chi connectivity index (χ4n) is 2.70. The summed E-state index contributed by atoms with van der Waals surface area (Å²) in [4.78, 5) is 13.8. The molecule has 0 atom stereocenters. The Bertz CT molecular complexity index is 754. The van der Waals surface area contributed by atoms with Crippen LogP contribution in [0.5, 0.6) is 0 Å². The predicted molar refractivity (Wildman–Crippen MR) is 86.9 cm³/mol. The van der Waals surface area contributed by atoms with E-state index in [-0.39, 0.29) is 24.6 Å². The van der Waals surface area contributed by atoms with Crippen molar-refractivity contribution < 1.29 is 18.0 Å². The van der Waals surface area contributed by atoms with Gasteiger partial charge in [0.05, 0.1) is 23.5 Å². The predicted octanol–water partition coefficient (Wildman–Crippen LogP) is 4.36. The highest BCUT2D eigenvalue weighted by molar-refractivity contribution is 5.98. The summed E-state index contributed by atoms with van der Waals surface area (Å²) in [5.74, 6) is -0.193. The SMILES string of the molecule is Cc1ccc(CN2C(=O)CCNc3ccc(C(F)(F)F)cc32)cc1. The topological polar surface area (TPSA) is 32.3 Å². The number of halogens is 3. The zero-order valence-corrected chi connectivity index (χ0v) is 13.2. The molecule has 0 spiro atoms. The third-order valence-corrected chi connectivity index (χ3v) is 4.03. The third kappa shape index (κ3) is 3.37. The lowest BCUT2D eigenvalue weighted by molar-refractivity contribution is -0.137. The zero-order valence-electron chi connectivity index (χ0n) is 13.2. The van der Waals surface area contributed by atoms with Gasteiger partial charge in [0.1, 0.15) is 0 Å². The maximum atomic E-state index is 13.0. The molecule has 1 N–H and O–H groups in total. The number of fused-ring (bicyclic) bond motifs is 1. The van der Waals surface area contributed by atoms with E-state index < -0.39 is 11.7 Å². The van der Waals surface area contributed by atoms with Crippen molar-refractivity contribution in [3.05, 3.63) is 59.2 Å². The number of nitrogens with one attached hydrogen (secondary N) is 1. The quantitative estimate of drug-likeness (QED) is 0.885. The van der Waals surface area contributed by atoms with E-state index in [0.717, 1.165) is 23.3 Å². The van der Waals surface area contributed by atoms with Crippen molar-refractivity contribution in [1.29, 1.82) is 0 Å². The fourth-order valence-corrected chi connectivity index (χ4v) is 2.70. The fraction of sp³-hybridized carbons (Fsp3) is 0.278. The van der Waals surface area contributed by atoms with Gasteiger partial charge in [0, 0.05) is 13.0 Å². The Labute approximate surface area is 138 Å². The summed E-state index contributed by atoms with van der Waals surface area (Å²) in [7, 11) is 0. The molecule has 0 saturated heterocycles. The van der Waals surface area contributed by atoms with E-state index in [2.05, 4.69) is 5.32 Å². The lowest BCUT2D eigenvalue weighted by Gasteiger charge is -2.24. The highest BCUT2D eigenvalue weighted by atomic mass is 19.4. The number of carbonyl (C=O) groups excluding carboxylic acids is 1. The molecule has 0 aromatic heterocycles. The van der Waals surface area contributed by atoms with E-state index in [1.165, 1.54) is 11.0 Å². The van der Waals surface area contributed by atoms with Gasteiger partial charge in [-0.25, -0.2) is 0 Å². The molecule has 2 aromatic rings. The molecule has 0 radical (unpaired) electrons. The molecule has 24 heavy (non-hydrogen) atoms. The van der Waals surface area contributed by atoms with Gasteiger partial charge in [-0.1, -0.05) is 29.8 Å². The minimum atomic E-state index is -4.44. The Morgan fingerprint density at radius 1 is 1.12 bits per heavy atom. The Morgan fingerprint density at radius 2 is 1.83 bits per heavy atom. The molecule has 3 nitrogen and oxygen atoms in total. The molecule has 0 unspecified atom stereocenters. The van der Waals surface area contributed by atoms with Crippen LogP contribution >= 0.6 is 0 Å². The maximum absolute atomic E-state index is 13.0. The Hall–Kier alpha value is -2.50. The van der Waals surface area contributed by atoms with Gasteiger partial charge in [-0.15, -0.1) is 0 Å². The van der Waals surface area contributed by atoms with Gasteiger partial charge in [-0.05, 0) is 30.7 Å². The molecule has 3 rings (SSSR count). The summed E-state index contributed by atoms with van der Waals surface area (Å²) in [6, 6.07) is 11.1. The van der Waals surface area contributed by atoms with E-state index in [1.807, 2.05) is 31.2 Å². The smallest absolute Gasteiger partial charge is 0.383 e. The number of benzene rings is 2. The number of anilines is 2. The van der Waals surface area contributed by atoms with E-state index >= 15 is 0 Å². The first kappa shape index (κ1) is 16.4. The molecule has 1 aliphatic rings. The molecule has 0 aliphatic carbocycles. The van der Waals surface area contributed by atoms with Crippen LogP contribution in [0.2, 0.25) is 0 Å². The molecule has 2 aromatic carbocycles. The molecule has 6 heteroatoms. The van der Waals surface area contributed by atoms with Crippen LogP contribution in [-0.2, 0) is 17.5 Å². The van der Waals surface area contributed by atoms with Crippen LogP contribution in [0.25, 0.3) is 0 Å². The number of hydrogen-bond acceptors (Lipinski definition) is 2. The number of nitrogens with zero attached hydrogens (tertiary/aromatic N) is 1. The molecule has 1 amide bonds. The van der Waals surface area contributed by atoms with Crippen molar-refractivity contribution in [2.24, 2.45) is 0 Å². The number of alkyl halides is 3. The Balaban J connectivity index is 2.01. The Morgan fingerprint density at radius 3 is 2.50 bits per heavy atom. The lowest BCUT2D eigenvalue weighted by atomic mass is 10.1. The van der Waals surface area contributed by atoms with Crippen LogP contribution in [0.4, 0.5) is 24.5 Å². The van der Waals surface area contributed by atoms with E-state index in [4.69, 9.17) is 0 Å². The Kier molecular flexibility index (Phi) is 4.22. The molecule has 1 aliphatic heterocycles. The normalized spacial score (nSPS) is 14.8. The lowest BCUT2D eigenvalue weighted by Crippen LogP contribution is -2.30. The number of rotatable bonds is 2. The minimum absolute atomic E-state index is 0.193. The van der Waals surface area contributed by atoms with Crippen LogP contribution in [0, 0.1) is 6.92 Å². The standard InChI is InChI=1S/C18H17F3N2O/c1-12-2-4-13(5-3-12)11-23-16-10-14(18(19,20)21)6-7-15(16)22-9-8-17(23)24/h2-7,10,22H,8-9,11H2,1H3. The molecule has 1 heterocycles. The first-order valence-electron chi connectivity index (χ1n) is 7.65. The van der Waals surface area contributed by atoms with Crippen molar-refractivity contribution in [2.45, 2.75) is 26.1 Å². The van der Waals surface area contributed by atoms with Crippen LogP contribution in [0.15, 0.2) is 42.5 Å². The van der Waals surface area contributed by atoms with Gasteiger partial charge < -0.3 is 10.2 Å². The van der Waals surface area contributed by atoms with Gasteiger partial charge in [-0.2, -0.15) is 13.2 Å². The van der Waals surface area contributed by atoms with Crippen molar-refractivity contribution in [2.75, 3.05) is 16.8 Å². The van der Waals surface area contributed by atoms with E-state index in [0.29, 0.717) is 12.2 Å². The summed E-state index contributed by atoms with van der Waals surface area (Å²) < 4.78 is 39.1. The van der Waals surface area contributed by atoms with Crippen molar-refractivity contribution in [3.63, 3.8) is 0 Å². The zero-order chi connectivity index (χ0) is 17.3. The second-order valence-electron chi connectivity index (χ2n) is 5.87. The maximum Gasteiger partial charge on any atom is 0.416 e. The van der Waals surface area contributed by atoms with Gasteiger partial charge in [0.2, 0.25) is 5.91 Å². The van der Waals surface area contributed by atoms with Gasteiger partial charge in [0.25, 0.3) is 0 Å². The van der Waals surface area contributed by atoms with E-state index in [9.17, 15) is 18.0 Å². The first-order valence-corrected chi connectivity index (χ1v) is 7.65. The second-order valence-corrected chi connectivity index (χ2v) is 5.87. The third-order valence-electron chi connectivity index (χ3n) is 4.03. The molecular formula is C18H17F3N2O. The van der Waals surface area contributed by atoms with Crippen LogP contribution < -0.4 is 10.2 Å². The number of aryl methyl sites for hydroxylation is 1. The molecular weight excluding hydrogens is 317 g/mol. The highest BCUT2D eigenvalue weighted by Crippen LogP contribution is 2.37. The van der Waals surface area contributed by atoms with Gasteiger partial charge in [0.15, 0.2) is 0 Å². The average molecular weight is 334 g/mol. The van der Waals surface area contributed by atoms with Gasteiger partial charge >= 0.3 is 6.18 Å². The largest absolute Gasteiger partial charge is 0.416 e. The first-order chi connectivity index (χ1) is 11.3. The van der Waals surface area contributed by atoms with Crippen LogP contribution in [0.1, 0.15) is 23.1 Å². The molecule has 0 saturated carbocycles. The summed E-state index contributed by atoms with van der Waals surface area (Å²) in [5.41, 5.74) is 2.02. The van der Waals surface area contributed by atoms with E-state index in [1.54, 1.807) is 0 Å². The second kappa shape index (κ2) is 6.19.